The van der Waals surface area contributed by atoms with Gasteiger partial charge in [0.2, 0.25) is 0 Å². The zero-order chi connectivity index (χ0) is 16.1. The zero-order valence-corrected chi connectivity index (χ0v) is 13.5. The fourth-order valence-corrected chi connectivity index (χ4v) is 2.77. The summed E-state index contributed by atoms with van der Waals surface area (Å²) in [5, 5.41) is 18.5. The molecule has 21 heavy (non-hydrogen) atoms. The monoisotopic (exact) mass is 334 g/mol. The number of nitrogens with two attached hydrogens (primary N) is 1. The summed E-state index contributed by atoms with van der Waals surface area (Å²) in [4.78, 5) is 12.8. The Morgan fingerprint density at radius 1 is 1.10 bits per heavy atom. The number of carbonyl (C=O) groups is 1. The Labute approximate surface area is 126 Å². The molecule has 4 N–H and O–H groups in total. The minimum absolute atomic E-state index is 0.0427. The van der Waals surface area contributed by atoms with Crippen molar-refractivity contribution in [3.8, 4) is 11.5 Å². The summed E-state index contributed by atoms with van der Waals surface area (Å²) in [5.41, 5.74) is 3.99. The van der Waals surface area contributed by atoms with E-state index in [4.69, 9.17) is 10.8 Å². The maximum atomic E-state index is 11.8. The molecule has 0 amide bonds. The van der Waals surface area contributed by atoms with Gasteiger partial charge in [-0.25, -0.2) is 0 Å². The number of carboxylic acids is 1. The molecule has 0 unspecified atom stereocenters. The summed E-state index contributed by atoms with van der Waals surface area (Å²) in [6.07, 6.45) is 2.52. The van der Waals surface area contributed by atoms with Crippen molar-refractivity contribution >= 4 is 21.8 Å². The molecule has 0 fully saturated rings. The van der Waals surface area contributed by atoms with Crippen molar-refractivity contribution in [1.82, 2.24) is 4.90 Å². The average Bonchev–Trinajstić information content (AvgIpc) is 2.45. The van der Waals surface area contributed by atoms with Gasteiger partial charge in [0.05, 0.1) is 0 Å². The van der Waals surface area contributed by atoms with E-state index < -0.39 is 27.3 Å². The summed E-state index contributed by atoms with van der Waals surface area (Å²) >= 11 is 0. The van der Waals surface area contributed by atoms with Crippen molar-refractivity contribution in [2.75, 3.05) is 13.2 Å². The zero-order valence-electron chi connectivity index (χ0n) is 11.7. The summed E-state index contributed by atoms with van der Waals surface area (Å²) in [5.74, 6) is 3.50. The first-order chi connectivity index (χ1) is 10.1. The Hall–Kier alpha value is -0.630. The minimum atomic E-state index is -1.43. The van der Waals surface area contributed by atoms with Gasteiger partial charge in [-0.3, -0.25) is 0 Å². The van der Waals surface area contributed by atoms with Crippen LogP contribution in [0, 0.1) is 11.5 Å². The topological polar surface area (TPSA) is 121 Å². The van der Waals surface area contributed by atoms with E-state index in [1.165, 1.54) is 0 Å². The third-order valence-electron chi connectivity index (χ3n) is 3.15. The molecule has 0 heterocycles. The van der Waals surface area contributed by atoms with E-state index in [9.17, 15) is 19.0 Å². The van der Waals surface area contributed by atoms with Crippen molar-refractivity contribution < 1.29 is 24.1 Å². The van der Waals surface area contributed by atoms with Crippen LogP contribution in [0.25, 0.3) is 0 Å². The molecule has 0 bridgehead atoms. The molecule has 0 spiro atoms. The van der Waals surface area contributed by atoms with Crippen LogP contribution in [0.3, 0.4) is 0 Å². The Morgan fingerprint density at radius 3 is 2.00 bits per heavy atom. The third-order valence-corrected chi connectivity index (χ3v) is 3.71. The Kier molecular flexibility index (Phi) is 11.6. The molecule has 0 rings (SSSR count). The first kappa shape index (κ1) is 20.4. The molecule has 1 atom stereocenters. The predicted octanol–water partition coefficient (Wildman–Crippen LogP) is 1.82. The van der Waals surface area contributed by atoms with Crippen LogP contribution in [0.15, 0.2) is 0 Å². The van der Waals surface area contributed by atoms with Gasteiger partial charge in [0.25, 0.3) is 0 Å². The van der Waals surface area contributed by atoms with Crippen LogP contribution in [-0.2, 0) is 13.9 Å². The van der Waals surface area contributed by atoms with Gasteiger partial charge in [-0.15, -0.1) is 0 Å². The van der Waals surface area contributed by atoms with E-state index in [0.29, 0.717) is 32.2 Å². The van der Waals surface area contributed by atoms with Crippen molar-refractivity contribution in [2.45, 2.75) is 44.1 Å². The van der Waals surface area contributed by atoms with Crippen molar-refractivity contribution in [1.29, 1.82) is 0 Å². The van der Waals surface area contributed by atoms with Gasteiger partial charge in [0, 0.05) is 0 Å². The van der Waals surface area contributed by atoms with Crippen LogP contribution in [0.5, 0.6) is 0 Å². The number of nitrogens with zero attached hydrogens (tertiary/aromatic N) is 1. The maximum absolute atomic E-state index is 11.8. The molecular formula is C12H20N2O5P2. The normalized spacial score (nSPS) is 13.1. The summed E-state index contributed by atoms with van der Waals surface area (Å²) in [7, 11) is -1.04. The second-order valence-electron chi connectivity index (χ2n) is 4.48. The Bertz CT molecular complexity index is 490. The molecule has 9 heteroatoms. The Morgan fingerprint density at radius 2 is 1.62 bits per heavy atom. The second-order valence-corrected chi connectivity index (χ2v) is 5.25. The van der Waals surface area contributed by atoms with Gasteiger partial charge in [-0.2, -0.15) is 0 Å². The number of unbranched alkanes of at least 4 members (excludes halogenated alkanes) is 2. The average molecular weight is 334 g/mol. The van der Waals surface area contributed by atoms with E-state index >= 15 is 0 Å². The van der Waals surface area contributed by atoms with E-state index in [0.717, 1.165) is 4.90 Å². The van der Waals surface area contributed by atoms with Crippen LogP contribution < -0.4 is 5.73 Å². The number of hydrogen-bond acceptors (Lipinski definition) is 6. The molecule has 0 saturated heterocycles. The number of aliphatic carboxylic acids is 1. The first-order valence-electron chi connectivity index (χ1n) is 6.59. The molecule has 0 radical (unpaired) electrons. The molecule has 118 valence electrons. The molecule has 0 aromatic heterocycles. The molecular weight excluding hydrogens is 314 g/mol. The van der Waals surface area contributed by atoms with E-state index in [-0.39, 0.29) is 19.4 Å². The van der Waals surface area contributed by atoms with Gasteiger partial charge in [-0.05, 0) is 0 Å². The Balaban J connectivity index is 5.51. The van der Waals surface area contributed by atoms with Crippen LogP contribution in [-0.4, -0.2) is 39.8 Å². The van der Waals surface area contributed by atoms with Gasteiger partial charge in [0.1, 0.15) is 0 Å². The number of rotatable bonds is 10. The summed E-state index contributed by atoms with van der Waals surface area (Å²) in [6.45, 7) is 0.395. The van der Waals surface area contributed by atoms with Crippen molar-refractivity contribution in [2.24, 2.45) is 5.73 Å². The van der Waals surface area contributed by atoms with Gasteiger partial charge < -0.3 is 0 Å². The third kappa shape index (κ3) is 6.78. The molecule has 0 aliphatic carbocycles. The van der Waals surface area contributed by atoms with Crippen LogP contribution >= 0.6 is 15.8 Å². The quantitative estimate of drug-likeness (QED) is 0.316. The van der Waals surface area contributed by atoms with Crippen LogP contribution in [0.1, 0.15) is 38.5 Å². The van der Waals surface area contributed by atoms with Crippen molar-refractivity contribution in [3.05, 3.63) is 0 Å². The predicted molar refractivity (Wildman–Crippen MR) is 79.0 cm³/mol. The molecule has 0 saturated carbocycles. The van der Waals surface area contributed by atoms with Crippen LogP contribution in [0.2, 0.25) is 0 Å². The SMILES string of the molecule is NCCCC[C@@](CCCCO)(C(=O)O)N(C#P=O)C#P=O. The fourth-order valence-electron chi connectivity index (χ4n) is 2.04. The molecule has 0 aromatic rings. The van der Waals surface area contributed by atoms with Gasteiger partial charge in [-0.1, -0.05) is 0 Å². The fraction of sp³-hybridized carbons (Fsp3) is 0.750. The van der Waals surface area contributed by atoms with E-state index in [1.807, 2.05) is 0 Å². The molecule has 0 aliphatic heterocycles. The number of hydrogen-bond donors (Lipinski definition) is 3. The number of carboxylic acid groups (broad SMARTS) is 1. The van der Waals surface area contributed by atoms with E-state index in [2.05, 4.69) is 11.5 Å². The van der Waals surface area contributed by atoms with Gasteiger partial charge in [0.15, 0.2) is 0 Å². The molecule has 7 nitrogen and oxygen atoms in total. The van der Waals surface area contributed by atoms with E-state index in [1.54, 1.807) is 0 Å². The standard InChI is InChI=1S/C12H20N2O5P2/c13-7-3-1-5-12(11(16)17,6-2-4-8-15)14(9-20-18)10-21-19/h15H,1-8,13H2,(H,16,17)/t12-/m1/s1. The summed E-state index contributed by atoms with van der Waals surface area (Å²) in [6, 6.07) is 0. The molecule has 0 aromatic carbocycles. The number of aliphatic hydroxyl groups is 1. The molecule has 0 aliphatic rings. The van der Waals surface area contributed by atoms with Crippen LogP contribution in [0.4, 0.5) is 0 Å². The van der Waals surface area contributed by atoms with Crippen molar-refractivity contribution in [3.63, 3.8) is 0 Å². The summed E-state index contributed by atoms with van der Waals surface area (Å²) < 4.78 is 21.5. The van der Waals surface area contributed by atoms with Gasteiger partial charge >= 0.3 is 125 Å². The number of aliphatic hydroxyl groups excluding tert-OH is 1. The second kappa shape index (κ2) is 12.0. The first-order valence-corrected chi connectivity index (χ1v) is 8.22.